The highest BCUT2D eigenvalue weighted by Gasteiger charge is 2.20. The van der Waals surface area contributed by atoms with E-state index in [-0.39, 0.29) is 11.1 Å². The molecule has 2 aromatic rings. The van der Waals surface area contributed by atoms with Crippen molar-refractivity contribution in [3.05, 3.63) is 57.5 Å². The van der Waals surface area contributed by atoms with E-state index in [0.29, 0.717) is 10.2 Å². The molecule has 1 aromatic carbocycles. The van der Waals surface area contributed by atoms with Gasteiger partial charge in [-0.25, -0.2) is 4.39 Å². The highest BCUT2D eigenvalue weighted by atomic mass is 79.9. The first-order valence-corrected chi connectivity index (χ1v) is 7.13. The molecule has 2 unspecified atom stereocenters. The summed E-state index contributed by atoms with van der Waals surface area (Å²) in [5, 5.41) is 0.0305. The van der Waals surface area contributed by atoms with Gasteiger partial charge in [0.25, 0.3) is 0 Å². The van der Waals surface area contributed by atoms with Crippen LogP contribution in [0.1, 0.15) is 18.6 Å². The highest BCUT2D eigenvalue weighted by molar-refractivity contribution is 9.10. The lowest BCUT2D eigenvalue weighted by Gasteiger charge is -2.23. The van der Waals surface area contributed by atoms with Crippen LogP contribution in [0, 0.1) is 5.82 Å². The number of ether oxygens (including phenoxy) is 1. The maximum Gasteiger partial charge on any atom is 0.145 e. The molecule has 3 nitrogen and oxygen atoms in total. The van der Waals surface area contributed by atoms with E-state index in [1.54, 1.807) is 18.5 Å². The molecule has 1 heterocycles. The van der Waals surface area contributed by atoms with Crippen LogP contribution >= 0.6 is 27.5 Å². The van der Waals surface area contributed by atoms with Crippen molar-refractivity contribution in [2.75, 3.05) is 0 Å². The molecule has 106 valence electrons. The predicted molar refractivity (Wildman–Crippen MR) is 80.4 cm³/mol. The number of nitrogens with zero attached hydrogens (tertiary/aromatic N) is 1. The Morgan fingerprint density at radius 3 is 2.80 bits per heavy atom. The van der Waals surface area contributed by atoms with Crippen molar-refractivity contribution in [1.82, 2.24) is 4.98 Å². The SMILES string of the molecule is CC(N)C(Oc1cc(F)c(Cl)cc1Br)c1cccnc1. The predicted octanol–water partition coefficient (Wildman–Crippen LogP) is 4.10. The Balaban J connectivity index is 2.32. The largest absolute Gasteiger partial charge is 0.483 e. The summed E-state index contributed by atoms with van der Waals surface area (Å²) >= 11 is 9.01. The zero-order chi connectivity index (χ0) is 14.7. The number of pyridine rings is 1. The van der Waals surface area contributed by atoms with E-state index in [9.17, 15) is 4.39 Å². The Bertz CT molecular complexity index is 595. The lowest BCUT2D eigenvalue weighted by atomic mass is 10.1. The Hall–Kier alpha value is -1.17. The third-order valence-electron chi connectivity index (χ3n) is 2.72. The molecule has 2 rings (SSSR count). The van der Waals surface area contributed by atoms with Crippen LogP contribution < -0.4 is 10.5 Å². The molecular formula is C14H13BrClFN2O. The van der Waals surface area contributed by atoms with E-state index >= 15 is 0 Å². The lowest BCUT2D eigenvalue weighted by Crippen LogP contribution is -2.29. The molecule has 0 saturated carbocycles. The van der Waals surface area contributed by atoms with Gasteiger partial charge in [0.1, 0.15) is 17.7 Å². The fraction of sp³-hybridized carbons (Fsp3) is 0.214. The van der Waals surface area contributed by atoms with E-state index in [2.05, 4.69) is 20.9 Å². The molecule has 2 N–H and O–H groups in total. The molecule has 0 aliphatic rings. The van der Waals surface area contributed by atoms with Gasteiger partial charge in [-0.1, -0.05) is 17.7 Å². The van der Waals surface area contributed by atoms with Crippen LogP contribution in [-0.4, -0.2) is 11.0 Å². The molecule has 20 heavy (non-hydrogen) atoms. The average Bonchev–Trinajstić information content (AvgIpc) is 2.42. The fourth-order valence-corrected chi connectivity index (χ4v) is 2.49. The van der Waals surface area contributed by atoms with Crippen LogP contribution in [0.4, 0.5) is 4.39 Å². The van der Waals surface area contributed by atoms with Crippen molar-refractivity contribution in [2.45, 2.75) is 19.1 Å². The first-order chi connectivity index (χ1) is 9.49. The van der Waals surface area contributed by atoms with E-state index < -0.39 is 11.9 Å². The third kappa shape index (κ3) is 3.48. The van der Waals surface area contributed by atoms with Crippen molar-refractivity contribution >= 4 is 27.5 Å². The summed E-state index contributed by atoms with van der Waals surface area (Å²) < 4.78 is 19.9. The highest BCUT2D eigenvalue weighted by Crippen LogP contribution is 2.34. The van der Waals surface area contributed by atoms with Crippen molar-refractivity contribution < 1.29 is 9.13 Å². The second-order valence-electron chi connectivity index (χ2n) is 4.38. The first kappa shape index (κ1) is 15.2. The number of benzene rings is 1. The van der Waals surface area contributed by atoms with Gasteiger partial charge in [0.2, 0.25) is 0 Å². The van der Waals surface area contributed by atoms with Gasteiger partial charge in [-0.2, -0.15) is 0 Å². The van der Waals surface area contributed by atoms with Crippen LogP contribution in [-0.2, 0) is 0 Å². The quantitative estimate of drug-likeness (QED) is 0.836. The monoisotopic (exact) mass is 358 g/mol. The minimum atomic E-state index is -0.542. The first-order valence-electron chi connectivity index (χ1n) is 5.95. The van der Waals surface area contributed by atoms with Crippen molar-refractivity contribution in [3.63, 3.8) is 0 Å². The summed E-state index contributed by atoms with van der Waals surface area (Å²) in [6, 6.07) is 6.06. The summed E-state index contributed by atoms with van der Waals surface area (Å²) in [5.41, 5.74) is 6.77. The van der Waals surface area contributed by atoms with Crippen LogP contribution in [0.2, 0.25) is 5.02 Å². The summed E-state index contributed by atoms with van der Waals surface area (Å²) in [6.07, 6.45) is 2.91. The van der Waals surface area contributed by atoms with E-state index in [1.165, 1.54) is 12.1 Å². The molecule has 0 fully saturated rings. The number of aromatic nitrogens is 1. The van der Waals surface area contributed by atoms with Crippen LogP contribution in [0.5, 0.6) is 5.75 Å². The van der Waals surface area contributed by atoms with Gasteiger partial charge in [-0.3, -0.25) is 4.98 Å². The van der Waals surface area contributed by atoms with Crippen molar-refractivity contribution in [3.8, 4) is 5.75 Å². The molecule has 0 bridgehead atoms. The maximum absolute atomic E-state index is 13.5. The van der Waals surface area contributed by atoms with Gasteiger partial charge in [0, 0.05) is 30.1 Å². The molecule has 0 saturated heterocycles. The molecule has 6 heteroatoms. The smallest absolute Gasteiger partial charge is 0.145 e. The normalized spacial score (nSPS) is 13.8. The molecule has 0 aliphatic carbocycles. The minimum absolute atomic E-state index is 0.0305. The van der Waals surface area contributed by atoms with E-state index in [4.69, 9.17) is 22.1 Å². The molecule has 0 spiro atoms. The van der Waals surface area contributed by atoms with Crippen LogP contribution in [0.25, 0.3) is 0 Å². The third-order valence-corrected chi connectivity index (χ3v) is 3.63. The van der Waals surface area contributed by atoms with Crippen LogP contribution in [0.3, 0.4) is 0 Å². The topological polar surface area (TPSA) is 48.1 Å². The molecular weight excluding hydrogens is 347 g/mol. The number of halogens is 3. The molecule has 2 atom stereocenters. The zero-order valence-corrected chi connectivity index (χ0v) is 13.0. The number of hydrogen-bond donors (Lipinski definition) is 1. The fourth-order valence-electron chi connectivity index (χ4n) is 1.75. The van der Waals surface area contributed by atoms with Gasteiger partial charge in [0.15, 0.2) is 0 Å². The molecule has 0 radical (unpaired) electrons. The number of nitrogens with two attached hydrogens (primary N) is 1. The Morgan fingerprint density at radius 1 is 1.45 bits per heavy atom. The summed E-state index contributed by atoms with van der Waals surface area (Å²) in [4.78, 5) is 4.04. The van der Waals surface area contributed by atoms with Gasteiger partial charge in [0.05, 0.1) is 9.50 Å². The zero-order valence-electron chi connectivity index (χ0n) is 10.7. The Kier molecular flexibility index (Phi) is 4.96. The molecule has 1 aromatic heterocycles. The van der Waals surface area contributed by atoms with Gasteiger partial charge in [-0.05, 0) is 35.0 Å². The van der Waals surface area contributed by atoms with Crippen LogP contribution in [0.15, 0.2) is 41.1 Å². The van der Waals surface area contributed by atoms with E-state index in [0.717, 1.165) is 5.56 Å². The molecule has 0 aliphatic heterocycles. The summed E-state index contributed by atoms with van der Waals surface area (Å²) in [6.45, 7) is 1.82. The van der Waals surface area contributed by atoms with E-state index in [1.807, 2.05) is 13.0 Å². The summed E-state index contributed by atoms with van der Waals surface area (Å²) in [7, 11) is 0. The second-order valence-corrected chi connectivity index (χ2v) is 5.64. The van der Waals surface area contributed by atoms with Gasteiger partial charge < -0.3 is 10.5 Å². The summed E-state index contributed by atoms with van der Waals surface area (Å²) in [5.74, 6) is -0.197. The lowest BCUT2D eigenvalue weighted by molar-refractivity contribution is 0.178. The second kappa shape index (κ2) is 6.52. The van der Waals surface area contributed by atoms with Crippen molar-refractivity contribution in [2.24, 2.45) is 5.73 Å². The van der Waals surface area contributed by atoms with Gasteiger partial charge >= 0.3 is 0 Å². The maximum atomic E-state index is 13.5. The van der Waals surface area contributed by atoms with Crippen molar-refractivity contribution in [1.29, 1.82) is 0 Å². The Labute approximate surface area is 130 Å². The molecule has 0 amide bonds. The van der Waals surface area contributed by atoms with Gasteiger partial charge in [-0.15, -0.1) is 0 Å². The number of rotatable bonds is 4. The number of hydrogen-bond acceptors (Lipinski definition) is 3. The average molecular weight is 360 g/mol. The standard InChI is InChI=1S/C14H13BrClFN2O/c1-8(18)14(9-3-2-4-19-7-9)20-13-6-12(17)11(16)5-10(13)15/h2-8,14H,18H2,1H3. The Morgan fingerprint density at radius 2 is 2.20 bits per heavy atom. The minimum Gasteiger partial charge on any atom is -0.483 e.